The molecule has 0 fully saturated rings. The van der Waals surface area contributed by atoms with Crippen LogP contribution in [0.3, 0.4) is 0 Å². The van der Waals surface area contributed by atoms with Gasteiger partial charge in [-0.2, -0.15) is 0 Å². The van der Waals surface area contributed by atoms with E-state index < -0.39 is 11.0 Å². The van der Waals surface area contributed by atoms with Crippen molar-refractivity contribution in [2.24, 2.45) is 0 Å². The van der Waals surface area contributed by atoms with Crippen LogP contribution in [0, 0.1) is 10.1 Å². The van der Waals surface area contributed by atoms with E-state index in [9.17, 15) is 14.9 Å². The molecule has 0 spiro atoms. The topological polar surface area (TPSA) is 106 Å². The number of methoxy groups -OCH3 is 1. The Morgan fingerprint density at radius 2 is 2.00 bits per heavy atom. The number of nitro groups is 1. The monoisotopic (exact) mass is 398 g/mol. The Morgan fingerprint density at radius 1 is 1.25 bits per heavy atom. The van der Waals surface area contributed by atoms with Crippen molar-refractivity contribution in [1.29, 1.82) is 0 Å². The first kappa shape index (κ1) is 19.3. The molecule has 0 bridgehead atoms. The molecule has 0 radical (unpaired) electrons. The van der Waals surface area contributed by atoms with Gasteiger partial charge in [-0.3, -0.25) is 14.9 Å². The first-order chi connectivity index (χ1) is 13.4. The number of nitrogens with one attached hydrogen (secondary N) is 3. The van der Waals surface area contributed by atoms with Gasteiger partial charge in [0.05, 0.1) is 23.6 Å². The van der Waals surface area contributed by atoms with E-state index in [2.05, 4.69) is 16.0 Å². The zero-order chi connectivity index (χ0) is 20.3. The van der Waals surface area contributed by atoms with Gasteiger partial charge in [0.15, 0.2) is 5.11 Å². The highest BCUT2D eigenvalue weighted by molar-refractivity contribution is 7.80. The standard InChI is InChI=1S/C19H18N4O4S/c1-11-16(18(24)21-13-6-4-8-15(10-13)27-2)17(22-19(28)20-11)12-5-3-7-14(9-12)23(25)26/h3-10,17H,1-2H3,(H,21,24)(H2,20,22,28)/t17-/m0/s1. The van der Waals surface area contributed by atoms with Gasteiger partial charge in [-0.25, -0.2) is 0 Å². The molecule has 2 aromatic rings. The van der Waals surface area contributed by atoms with Gasteiger partial charge >= 0.3 is 0 Å². The number of nitro benzene ring substituents is 1. The Morgan fingerprint density at radius 3 is 2.71 bits per heavy atom. The fourth-order valence-corrected chi connectivity index (χ4v) is 3.23. The van der Waals surface area contributed by atoms with Crippen molar-refractivity contribution < 1.29 is 14.5 Å². The normalized spacial score (nSPS) is 16.1. The number of carbonyl (C=O) groups is 1. The molecule has 0 aromatic heterocycles. The van der Waals surface area contributed by atoms with Crippen LogP contribution < -0.4 is 20.7 Å². The van der Waals surface area contributed by atoms with Gasteiger partial charge in [-0.05, 0) is 36.8 Å². The number of carbonyl (C=O) groups excluding carboxylic acids is 1. The van der Waals surface area contributed by atoms with E-state index >= 15 is 0 Å². The van der Waals surface area contributed by atoms with E-state index in [4.69, 9.17) is 17.0 Å². The molecule has 9 heteroatoms. The zero-order valence-electron chi connectivity index (χ0n) is 15.2. The highest BCUT2D eigenvalue weighted by Crippen LogP contribution is 2.30. The number of hydrogen-bond donors (Lipinski definition) is 3. The number of thiocarbonyl (C=S) groups is 1. The number of nitrogens with zero attached hydrogens (tertiary/aromatic N) is 1. The van der Waals surface area contributed by atoms with Crippen LogP contribution in [0.5, 0.6) is 5.75 Å². The molecule has 0 unspecified atom stereocenters. The van der Waals surface area contributed by atoms with E-state index in [0.29, 0.717) is 33.4 Å². The predicted molar refractivity (Wildman–Crippen MR) is 109 cm³/mol. The SMILES string of the molecule is COc1cccc(NC(=O)C2=C(C)NC(=S)N[C@H]2c2cccc([N+](=O)[O-])c2)c1. The van der Waals surface area contributed by atoms with Gasteiger partial charge < -0.3 is 20.7 Å². The second-order valence-corrected chi connectivity index (χ2v) is 6.52. The number of ether oxygens (including phenoxy) is 1. The van der Waals surface area contributed by atoms with Crippen molar-refractivity contribution in [3.8, 4) is 5.75 Å². The first-order valence-electron chi connectivity index (χ1n) is 8.37. The molecule has 0 aliphatic carbocycles. The molecule has 3 rings (SSSR count). The highest BCUT2D eigenvalue weighted by Gasteiger charge is 2.30. The Balaban J connectivity index is 1.96. The van der Waals surface area contributed by atoms with E-state index in [1.54, 1.807) is 50.4 Å². The van der Waals surface area contributed by atoms with Gasteiger partial charge in [0.2, 0.25) is 0 Å². The average molecular weight is 398 g/mol. The lowest BCUT2D eigenvalue weighted by molar-refractivity contribution is -0.384. The average Bonchev–Trinajstić information content (AvgIpc) is 2.67. The molecule has 1 aliphatic heterocycles. The lowest BCUT2D eigenvalue weighted by Gasteiger charge is -2.30. The molecule has 1 aliphatic rings. The molecule has 3 N–H and O–H groups in total. The van der Waals surface area contributed by atoms with Crippen LogP contribution in [0.15, 0.2) is 59.8 Å². The molecule has 28 heavy (non-hydrogen) atoms. The Labute approximate surface area is 166 Å². The number of hydrogen-bond acceptors (Lipinski definition) is 5. The van der Waals surface area contributed by atoms with Crippen molar-refractivity contribution >= 4 is 34.6 Å². The minimum atomic E-state index is -0.626. The van der Waals surface area contributed by atoms with Crippen LogP contribution >= 0.6 is 12.2 Å². The fraction of sp³-hybridized carbons (Fsp3) is 0.158. The number of amides is 1. The summed E-state index contributed by atoms with van der Waals surface area (Å²) in [6, 6.07) is 12.5. The minimum absolute atomic E-state index is 0.0612. The van der Waals surface area contributed by atoms with Gasteiger partial charge in [-0.15, -0.1) is 0 Å². The second kappa shape index (κ2) is 8.05. The molecule has 0 saturated heterocycles. The Bertz CT molecular complexity index is 989. The summed E-state index contributed by atoms with van der Waals surface area (Å²) >= 11 is 5.21. The van der Waals surface area contributed by atoms with Crippen LogP contribution in [0.25, 0.3) is 0 Å². The van der Waals surface area contributed by atoms with Crippen LogP contribution in [0.4, 0.5) is 11.4 Å². The van der Waals surface area contributed by atoms with Gasteiger partial charge in [-0.1, -0.05) is 18.2 Å². The Hall–Kier alpha value is -3.46. The lowest BCUT2D eigenvalue weighted by atomic mass is 9.94. The van der Waals surface area contributed by atoms with Gasteiger partial charge in [0.25, 0.3) is 11.6 Å². The number of non-ortho nitro benzene ring substituents is 1. The maximum Gasteiger partial charge on any atom is 0.269 e. The van der Waals surface area contributed by atoms with Crippen molar-refractivity contribution in [2.45, 2.75) is 13.0 Å². The smallest absolute Gasteiger partial charge is 0.269 e. The Kier molecular flexibility index (Phi) is 5.55. The van der Waals surface area contributed by atoms with Crippen LogP contribution in [0.1, 0.15) is 18.5 Å². The zero-order valence-corrected chi connectivity index (χ0v) is 16.0. The summed E-state index contributed by atoms with van der Waals surface area (Å²) in [5, 5.41) is 20.3. The lowest BCUT2D eigenvalue weighted by Crippen LogP contribution is -2.45. The number of allylic oxidation sites excluding steroid dienone is 1. The molecular weight excluding hydrogens is 380 g/mol. The van der Waals surface area contributed by atoms with Gasteiger partial charge in [0.1, 0.15) is 5.75 Å². The number of rotatable bonds is 5. The number of anilines is 1. The van der Waals surface area contributed by atoms with E-state index in [1.165, 1.54) is 12.1 Å². The molecule has 1 heterocycles. The summed E-state index contributed by atoms with van der Waals surface area (Å²) in [4.78, 5) is 23.7. The third-order valence-corrected chi connectivity index (χ3v) is 4.48. The third kappa shape index (κ3) is 4.09. The molecule has 0 saturated carbocycles. The maximum absolute atomic E-state index is 13.0. The molecular formula is C19H18N4O4S. The summed E-state index contributed by atoms with van der Waals surface area (Å²) in [6.07, 6.45) is 0. The van der Waals surface area contributed by atoms with Crippen molar-refractivity contribution in [2.75, 3.05) is 12.4 Å². The number of benzene rings is 2. The summed E-state index contributed by atoms with van der Waals surface area (Å²) < 4.78 is 5.17. The summed E-state index contributed by atoms with van der Waals surface area (Å²) in [7, 11) is 1.54. The third-order valence-electron chi connectivity index (χ3n) is 4.26. The van der Waals surface area contributed by atoms with Crippen LogP contribution in [-0.2, 0) is 4.79 Å². The van der Waals surface area contributed by atoms with Crippen molar-refractivity contribution in [3.63, 3.8) is 0 Å². The molecule has 1 atom stereocenters. The predicted octanol–water partition coefficient (Wildman–Crippen LogP) is 3.03. The van der Waals surface area contributed by atoms with Crippen LogP contribution in [-0.4, -0.2) is 23.1 Å². The molecule has 144 valence electrons. The second-order valence-electron chi connectivity index (χ2n) is 6.11. The van der Waals surface area contributed by atoms with E-state index in [-0.39, 0.29) is 11.6 Å². The van der Waals surface area contributed by atoms with Gasteiger partial charge in [0, 0.05) is 29.6 Å². The molecule has 1 amide bonds. The summed E-state index contributed by atoms with van der Waals surface area (Å²) in [5.41, 5.74) is 2.02. The summed E-state index contributed by atoms with van der Waals surface area (Å²) in [6.45, 7) is 1.73. The van der Waals surface area contributed by atoms with E-state index in [1.807, 2.05) is 0 Å². The maximum atomic E-state index is 13.0. The molecule has 8 nitrogen and oxygen atoms in total. The summed E-state index contributed by atoms with van der Waals surface area (Å²) in [5.74, 6) is 0.254. The van der Waals surface area contributed by atoms with E-state index in [0.717, 1.165) is 0 Å². The van der Waals surface area contributed by atoms with Crippen molar-refractivity contribution in [3.05, 3.63) is 75.5 Å². The highest BCUT2D eigenvalue weighted by atomic mass is 32.1. The molecule has 2 aromatic carbocycles. The van der Waals surface area contributed by atoms with Crippen molar-refractivity contribution in [1.82, 2.24) is 10.6 Å². The first-order valence-corrected chi connectivity index (χ1v) is 8.78. The quantitative estimate of drug-likeness (QED) is 0.404. The minimum Gasteiger partial charge on any atom is -0.497 e. The van der Waals surface area contributed by atoms with Crippen LogP contribution in [0.2, 0.25) is 0 Å². The fourth-order valence-electron chi connectivity index (χ4n) is 2.96. The largest absolute Gasteiger partial charge is 0.497 e.